The molecule has 108 valence electrons. The number of amidine groups is 1. The van der Waals surface area contributed by atoms with E-state index in [-0.39, 0.29) is 11.6 Å². The number of methoxy groups -OCH3 is 1. The van der Waals surface area contributed by atoms with E-state index < -0.39 is 0 Å². The van der Waals surface area contributed by atoms with Gasteiger partial charge in [-0.25, -0.2) is 0 Å². The van der Waals surface area contributed by atoms with Crippen LogP contribution in [-0.2, 0) is 0 Å². The lowest BCUT2D eigenvalue weighted by Crippen LogP contribution is -2.10. The summed E-state index contributed by atoms with van der Waals surface area (Å²) in [6, 6.07) is 13.7. The predicted molar refractivity (Wildman–Crippen MR) is 84.6 cm³/mol. The molecule has 0 spiro atoms. The molecule has 0 amide bonds. The first-order valence-electron chi connectivity index (χ1n) is 6.34. The lowest BCUT2D eigenvalue weighted by atomic mass is 10.1. The van der Waals surface area contributed by atoms with Crippen LogP contribution < -0.4 is 15.8 Å². The number of anilines is 1. The fourth-order valence-corrected chi connectivity index (χ4v) is 1.76. The van der Waals surface area contributed by atoms with E-state index in [0.717, 1.165) is 11.3 Å². The summed E-state index contributed by atoms with van der Waals surface area (Å²) in [5.41, 5.74) is 7.96. The molecule has 5 N–H and O–H groups in total. The molecular weight excluding hydrogens is 266 g/mol. The minimum absolute atomic E-state index is 0.161. The summed E-state index contributed by atoms with van der Waals surface area (Å²) in [5.74, 6) is 1.10. The van der Waals surface area contributed by atoms with E-state index in [1.807, 2.05) is 24.3 Å². The Labute approximate surface area is 123 Å². The first kappa shape index (κ1) is 14.5. The van der Waals surface area contributed by atoms with E-state index >= 15 is 0 Å². The Balaban J connectivity index is 2.06. The number of benzene rings is 2. The number of phenolic OH excluding ortho intramolecular Hbond substituents is 1. The molecule has 2 aromatic carbocycles. The number of ether oxygens (including phenoxy) is 1. The Bertz CT molecular complexity index is 646. The Kier molecular flexibility index (Phi) is 4.46. The molecule has 0 saturated carbocycles. The lowest BCUT2D eigenvalue weighted by Gasteiger charge is -2.07. The van der Waals surface area contributed by atoms with Crippen LogP contribution in [0.5, 0.6) is 11.5 Å². The molecule has 0 bridgehead atoms. The zero-order valence-corrected chi connectivity index (χ0v) is 11.6. The normalized spacial score (nSPS) is 11.0. The van der Waals surface area contributed by atoms with Crippen molar-refractivity contribution in [2.75, 3.05) is 12.4 Å². The summed E-state index contributed by atoms with van der Waals surface area (Å²) in [6.07, 6.45) is 1.54. The van der Waals surface area contributed by atoms with Crippen molar-refractivity contribution in [3.63, 3.8) is 0 Å². The minimum atomic E-state index is 0.161. The number of nitrogens with one attached hydrogen (secondary N) is 2. The van der Waals surface area contributed by atoms with Crippen molar-refractivity contribution in [1.82, 2.24) is 0 Å². The van der Waals surface area contributed by atoms with Gasteiger partial charge < -0.3 is 20.9 Å². The fraction of sp³-hybridized carbons (Fsp3) is 0.0625. The van der Waals surface area contributed by atoms with Gasteiger partial charge in [-0.05, 0) is 54.1 Å². The van der Waals surface area contributed by atoms with E-state index in [0.29, 0.717) is 11.4 Å². The highest BCUT2D eigenvalue weighted by Gasteiger charge is 2.00. The molecule has 0 unspecified atom stereocenters. The average molecular weight is 283 g/mol. The summed E-state index contributed by atoms with van der Waals surface area (Å²) in [5, 5.41) is 20.0. The van der Waals surface area contributed by atoms with Gasteiger partial charge >= 0.3 is 0 Å². The molecule has 0 aliphatic carbocycles. The van der Waals surface area contributed by atoms with Gasteiger partial charge in [0.05, 0.1) is 7.11 Å². The van der Waals surface area contributed by atoms with Crippen molar-refractivity contribution in [2.45, 2.75) is 0 Å². The van der Waals surface area contributed by atoms with Crippen LogP contribution in [0.25, 0.3) is 5.70 Å². The van der Waals surface area contributed by atoms with Crippen molar-refractivity contribution in [3.8, 4) is 11.5 Å². The molecule has 2 aromatic rings. The summed E-state index contributed by atoms with van der Waals surface area (Å²) < 4.78 is 5.08. The van der Waals surface area contributed by atoms with Crippen molar-refractivity contribution in [2.24, 2.45) is 5.73 Å². The first-order chi connectivity index (χ1) is 10.1. The standard InChI is InChI=1S/C16H17N3O2/c1-21-14-8-2-11(3-9-14)15(17)10-16(18)19-12-4-6-13(20)7-5-12/h2-10,20H,17H2,1H3,(H2,18,19)/b15-10-. The molecule has 21 heavy (non-hydrogen) atoms. The van der Waals surface area contributed by atoms with Crippen LogP contribution in [0.3, 0.4) is 0 Å². The highest BCUT2D eigenvalue weighted by atomic mass is 16.5. The first-order valence-corrected chi connectivity index (χ1v) is 6.34. The zero-order valence-electron chi connectivity index (χ0n) is 11.6. The van der Waals surface area contributed by atoms with Gasteiger partial charge in [0.1, 0.15) is 17.3 Å². The van der Waals surface area contributed by atoms with Gasteiger partial charge in [-0.1, -0.05) is 0 Å². The smallest absolute Gasteiger partial charge is 0.124 e. The van der Waals surface area contributed by atoms with Gasteiger partial charge in [0, 0.05) is 17.5 Å². The third-order valence-electron chi connectivity index (χ3n) is 2.87. The second-order valence-electron chi connectivity index (χ2n) is 4.41. The topological polar surface area (TPSA) is 91.4 Å². The van der Waals surface area contributed by atoms with Gasteiger partial charge in [0.25, 0.3) is 0 Å². The Hall–Kier alpha value is -2.95. The fourth-order valence-electron chi connectivity index (χ4n) is 1.76. The van der Waals surface area contributed by atoms with Gasteiger partial charge in [-0.3, -0.25) is 5.41 Å². The Morgan fingerprint density at radius 1 is 1.14 bits per heavy atom. The van der Waals surface area contributed by atoms with Crippen LogP contribution in [-0.4, -0.2) is 18.1 Å². The summed E-state index contributed by atoms with van der Waals surface area (Å²) >= 11 is 0. The van der Waals surface area contributed by atoms with Crippen LogP contribution >= 0.6 is 0 Å². The lowest BCUT2D eigenvalue weighted by molar-refractivity contribution is 0.415. The number of hydrogen-bond acceptors (Lipinski definition) is 4. The minimum Gasteiger partial charge on any atom is -0.508 e. The number of phenols is 1. The highest BCUT2D eigenvalue weighted by Crippen LogP contribution is 2.16. The number of hydrogen-bond donors (Lipinski definition) is 4. The van der Waals surface area contributed by atoms with E-state index in [2.05, 4.69) is 5.32 Å². The van der Waals surface area contributed by atoms with Crippen LogP contribution in [0.2, 0.25) is 0 Å². The molecule has 0 aromatic heterocycles. The van der Waals surface area contributed by atoms with Gasteiger partial charge in [0.15, 0.2) is 0 Å². The summed E-state index contributed by atoms with van der Waals surface area (Å²) in [7, 11) is 1.60. The van der Waals surface area contributed by atoms with E-state index in [1.54, 1.807) is 31.4 Å². The summed E-state index contributed by atoms with van der Waals surface area (Å²) in [4.78, 5) is 0. The van der Waals surface area contributed by atoms with E-state index in [4.69, 9.17) is 15.9 Å². The molecule has 0 saturated heterocycles. The molecule has 5 heteroatoms. The molecule has 0 aliphatic rings. The van der Waals surface area contributed by atoms with Crippen LogP contribution in [0.15, 0.2) is 54.6 Å². The molecule has 2 rings (SSSR count). The molecular formula is C16H17N3O2. The largest absolute Gasteiger partial charge is 0.508 e. The SMILES string of the molecule is COc1ccc(/C(N)=C/C(=N)Nc2ccc(O)cc2)cc1. The van der Waals surface area contributed by atoms with Crippen LogP contribution in [0.4, 0.5) is 5.69 Å². The van der Waals surface area contributed by atoms with Crippen molar-refractivity contribution >= 4 is 17.2 Å². The van der Waals surface area contributed by atoms with Crippen molar-refractivity contribution in [1.29, 1.82) is 5.41 Å². The quantitative estimate of drug-likeness (QED) is 0.394. The molecule has 0 atom stereocenters. The molecule has 0 heterocycles. The van der Waals surface area contributed by atoms with Gasteiger partial charge in [-0.2, -0.15) is 0 Å². The third-order valence-corrected chi connectivity index (χ3v) is 2.87. The Morgan fingerprint density at radius 3 is 2.33 bits per heavy atom. The molecule has 0 fully saturated rings. The highest BCUT2D eigenvalue weighted by molar-refractivity contribution is 6.05. The average Bonchev–Trinajstić information content (AvgIpc) is 2.49. The van der Waals surface area contributed by atoms with Crippen LogP contribution in [0, 0.1) is 5.41 Å². The maximum absolute atomic E-state index is 9.20. The van der Waals surface area contributed by atoms with E-state index in [9.17, 15) is 5.11 Å². The molecule has 5 nitrogen and oxygen atoms in total. The monoisotopic (exact) mass is 283 g/mol. The van der Waals surface area contributed by atoms with Crippen molar-refractivity contribution in [3.05, 3.63) is 60.2 Å². The third kappa shape index (κ3) is 4.01. The molecule has 0 radical (unpaired) electrons. The number of nitrogens with two attached hydrogens (primary N) is 1. The number of aromatic hydroxyl groups is 1. The maximum Gasteiger partial charge on any atom is 0.124 e. The second-order valence-corrected chi connectivity index (χ2v) is 4.41. The van der Waals surface area contributed by atoms with Crippen LogP contribution in [0.1, 0.15) is 5.56 Å². The van der Waals surface area contributed by atoms with Gasteiger partial charge in [0.2, 0.25) is 0 Å². The zero-order chi connectivity index (χ0) is 15.2. The molecule has 0 aliphatic heterocycles. The Morgan fingerprint density at radius 2 is 1.76 bits per heavy atom. The van der Waals surface area contributed by atoms with Crippen molar-refractivity contribution < 1.29 is 9.84 Å². The van der Waals surface area contributed by atoms with E-state index in [1.165, 1.54) is 6.08 Å². The number of rotatable bonds is 4. The predicted octanol–water partition coefficient (Wildman–Crippen LogP) is 2.79. The summed E-state index contributed by atoms with van der Waals surface area (Å²) in [6.45, 7) is 0. The second kappa shape index (κ2) is 6.47. The van der Waals surface area contributed by atoms with Gasteiger partial charge in [-0.15, -0.1) is 0 Å². The maximum atomic E-state index is 9.20.